The molecule has 0 unspecified atom stereocenters. The zero-order chi connectivity index (χ0) is 22.5. The lowest BCUT2D eigenvalue weighted by Gasteiger charge is -2.19. The molecule has 0 fully saturated rings. The minimum atomic E-state index is -3.70. The van der Waals surface area contributed by atoms with Gasteiger partial charge in [-0.2, -0.15) is 0 Å². The Kier molecular flexibility index (Phi) is 5.16. The van der Waals surface area contributed by atoms with Crippen LogP contribution in [0.3, 0.4) is 0 Å². The zero-order valence-corrected chi connectivity index (χ0v) is 19.4. The lowest BCUT2D eigenvalue weighted by atomic mass is 10.2. The number of thiazole rings is 1. The SMILES string of the molecule is Cc1cc(Cl)cc2sc(NC(=O)c3ccc(S(=O)(=O)N4CCc5ccccc54)cc3)nc12. The standard InChI is InChI=1S/C23H18ClN3O3S2/c1-14-12-17(24)13-20-21(14)25-23(31-20)26-22(28)16-6-8-18(9-7-16)32(29,30)27-11-10-15-4-2-3-5-19(15)27/h2-9,12-13H,10-11H2,1H3,(H,25,26,28). The molecule has 1 amide bonds. The molecular weight excluding hydrogens is 466 g/mol. The summed E-state index contributed by atoms with van der Waals surface area (Å²) in [6.45, 7) is 2.32. The molecule has 0 aliphatic carbocycles. The van der Waals surface area contributed by atoms with E-state index in [1.54, 1.807) is 0 Å². The molecule has 5 rings (SSSR count). The van der Waals surface area contributed by atoms with Crippen molar-refractivity contribution < 1.29 is 13.2 Å². The lowest BCUT2D eigenvalue weighted by molar-refractivity contribution is 0.102. The summed E-state index contributed by atoms with van der Waals surface area (Å²) in [6, 6.07) is 17.1. The molecule has 9 heteroatoms. The van der Waals surface area contributed by atoms with Crippen molar-refractivity contribution in [2.75, 3.05) is 16.2 Å². The first-order chi connectivity index (χ1) is 15.3. The topological polar surface area (TPSA) is 79.4 Å². The maximum atomic E-state index is 13.1. The molecule has 4 aromatic rings. The van der Waals surface area contributed by atoms with E-state index in [1.807, 2.05) is 43.3 Å². The third-order valence-corrected chi connectivity index (χ3v) is 8.38. The number of carbonyl (C=O) groups excluding carboxylic acids is 1. The highest BCUT2D eigenvalue weighted by molar-refractivity contribution is 7.92. The summed E-state index contributed by atoms with van der Waals surface area (Å²) in [6.07, 6.45) is 0.683. The van der Waals surface area contributed by atoms with Gasteiger partial charge in [-0.3, -0.25) is 14.4 Å². The summed E-state index contributed by atoms with van der Waals surface area (Å²) in [5, 5.41) is 3.86. The predicted octanol–water partition coefficient (Wildman–Crippen LogP) is 5.26. The van der Waals surface area contributed by atoms with Crippen molar-refractivity contribution in [3.63, 3.8) is 0 Å². The van der Waals surface area contributed by atoms with Crippen LogP contribution in [0.1, 0.15) is 21.5 Å². The van der Waals surface area contributed by atoms with Gasteiger partial charge in [-0.05, 0) is 66.9 Å². The minimum Gasteiger partial charge on any atom is -0.298 e. The number of hydrogen-bond acceptors (Lipinski definition) is 5. The summed E-state index contributed by atoms with van der Waals surface area (Å²) in [7, 11) is -3.70. The van der Waals surface area contributed by atoms with Crippen molar-refractivity contribution in [1.29, 1.82) is 0 Å². The van der Waals surface area contributed by atoms with Gasteiger partial charge in [0.25, 0.3) is 15.9 Å². The van der Waals surface area contributed by atoms with Crippen molar-refractivity contribution in [1.82, 2.24) is 4.98 Å². The lowest BCUT2D eigenvalue weighted by Crippen LogP contribution is -2.29. The van der Waals surface area contributed by atoms with Crippen LogP contribution in [0.5, 0.6) is 0 Å². The summed E-state index contributed by atoms with van der Waals surface area (Å²) >= 11 is 7.44. The molecule has 0 bridgehead atoms. The van der Waals surface area contributed by atoms with Gasteiger partial charge < -0.3 is 0 Å². The Morgan fingerprint density at radius 3 is 2.66 bits per heavy atom. The molecule has 1 aromatic heterocycles. The van der Waals surface area contributed by atoms with E-state index < -0.39 is 10.0 Å². The number of para-hydroxylation sites is 1. The molecule has 1 aliphatic rings. The average Bonchev–Trinajstić information content (AvgIpc) is 3.38. The summed E-state index contributed by atoms with van der Waals surface area (Å²) in [5.74, 6) is -0.358. The smallest absolute Gasteiger partial charge is 0.264 e. The fraction of sp³-hybridized carbons (Fsp3) is 0.130. The van der Waals surface area contributed by atoms with Gasteiger partial charge in [0, 0.05) is 17.1 Å². The third kappa shape index (κ3) is 3.64. The van der Waals surface area contributed by atoms with E-state index in [1.165, 1.54) is 39.9 Å². The number of nitrogens with one attached hydrogen (secondary N) is 1. The molecular formula is C23H18ClN3O3S2. The van der Waals surface area contributed by atoms with E-state index in [2.05, 4.69) is 10.3 Å². The Morgan fingerprint density at radius 1 is 1.12 bits per heavy atom. The van der Waals surface area contributed by atoms with Gasteiger partial charge in [0.1, 0.15) is 0 Å². The number of carbonyl (C=O) groups is 1. The largest absolute Gasteiger partial charge is 0.298 e. The fourth-order valence-electron chi connectivity index (χ4n) is 3.84. The maximum absolute atomic E-state index is 13.1. The number of halogens is 1. The zero-order valence-electron chi connectivity index (χ0n) is 17.0. The molecule has 1 N–H and O–H groups in total. The number of anilines is 2. The molecule has 2 heterocycles. The van der Waals surface area contributed by atoms with E-state index in [0.717, 1.165) is 21.3 Å². The van der Waals surface area contributed by atoms with E-state index in [4.69, 9.17) is 11.6 Å². The number of benzene rings is 3. The highest BCUT2D eigenvalue weighted by Crippen LogP contribution is 2.33. The number of nitrogens with zero attached hydrogens (tertiary/aromatic N) is 2. The molecule has 3 aromatic carbocycles. The van der Waals surface area contributed by atoms with Crippen LogP contribution in [0.2, 0.25) is 5.02 Å². The highest BCUT2D eigenvalue weighted by atomic mass is 35.5. The second kappa shape index (κ2) is 7.88. The van der Waals surface area contributed by atoms with Gasteiger partial charge in [-0.15, -0.1) is 0 Å². The van der Waals surface area contributed by atoms with Gasteiger partial charge in [-0.1, -0.05) is 41.1 Å². The van der Waals surface area contributed by atoms with Crippen molar-refractivity contribution in [3.8, 4) is 0 Å². The fourth-order valence-corrected chi connectivity index (χ4v) is 6.66. The predicted molar refractivity (Wildman–Crippen MR) is 128 cm³/mol. The van der Waals surface area contributed by atoms with Crippen LogP contribution in [0, 0.1) is 6.92 Å². The van der Waals surface area contributed by atoms with Crippen LogP contribution >= 0.6 is 22.9 Å². The van der Waals surface area contributed by atoms with Crippen molar-refractivity contribution in [2.24, 2.45) is 0 Å². The summed E-state index contributed by atoms with van der Waals surface area (Å²) in [4.78, 5) is 17.3. The number of hydrogen-bond donors (Lipinski definition) is 1. The summed E-state index contributed by atoms with van der Waals surface area (Å²) in [5.41, 5.74) is 3.80. The number of amides is 1. The van der Waals surface area contributed by atoms with E-state index in [9.17, 15) is 13.2 Å². The number of rotatable bonds is 4. The van der Waals surface area contributed by atoms with Crippen LogP contribution in [-0.4, -0.2) is 25.9 Å². The molecule has 0 atom stereocenters. The van der Waals surface area contributed by atoms with Crippen LogP contribution < -0.4 is 9.62 Å². The quantitative estimate of drug-likeness (QED) is 0.429. The molecule has 0 saturated carbocycles. The van der Waals surface area contributed by atoms with Gasteiger partial charge in [0.15, 0.2) is 5.13 Å². The second-order valence-corrected chi connectivity index (χ2v) is 10.9. The van der Waals surface area contributed by atoms with Gasteiger partial charge >= 0.3 is 0 Å². The number of sulfonamides is 1. The van der Waals surface area contributed by atoms with Crippen LogP contribution in [0.15, 0.2) is 65.6 Å². The Bertz CT molecular complexity index is 1460. The molecule has 162 valence electrons. The minimum absolute atomic E-state index is 0.149. The van der Waals surface area contributed by atoms with Crippen LogP contribution in [-0.2, 0) is 16.4 Å². The van der Waals surface area contributed by atoms with E-state index in [0.29, 0.717) is 34.4 Å². The first kappa shape index (κ1) is 20.9. The molecule has 6 nitrogen and oxygen atoms in total. The first-order valence-electron chi connectivity index (χ1n) is 9.92. The number of fused-ring (bicyclic) bond motifs is 2. The molecule has 0 spiro atoms. The van der Waals surface area contributed by atoms with Crippen molar-refractivity contribution >= 4 is 59.9 Å². The van der Waals surface area contributed by atoms with Crippen LogP contribution in [0.4, 0.5) is 10.8 Å². The first-order valence-corrected chi connectivity index (χ1v) is 12.5. The van der Waals surface area contributed by atoms with Crippen molar-refractivity contribution in [3.05, 3.63) is 82.4 Å². The molecule has 0 saturated heterocycles. The van der Waals surface area contributed by atoms with Gasteiger partial charge in [0.2, 0.25) is 0 Å². The number of aromatic nitrogens is 1. The Balaban J connectivity index is 1.37. The Labute approximate surface area is 194 Å². The summed E-state index contributed by atoms with van der Waals surface area (Å²) < 4.78 is 28.6. The normalized spacial score (nSPS) is 13.4. The maximum Gasteiger partial charge on any atom is 0.264 e. The molecule has 32 heavy (non-hydrogen) atoms. The third-order valence-electron chi connectivity index (χ3n) is 5.42. The van der Waals surface area contributed by atoms with E-state index in [-0.39, 0.29) is 10.8 Å². The molecule has 1 aliphatic heterocycles. The van der Waals surface area contributed by atoms with E-state index >= 15 is 0 Å². The highest BCUT2D eigenvalue weighted by Gasteiger charge is 2.30. The monoisotopic (exact) mass is 483 g/mol. The second-order valence-electron chi connectivity index (χ2n) is 7.52. The molecule has 0 radical (unpaired) electrons. The number of aryl methyl sites for hydroxylation is 1. The Morgan fingerprint density at radius 2 is 1.88 bits per heavy atom. The van der Waals surface area contributed by atoms with Gasteiger partial charge in [-0.25, -0.2) is 13.4 Å². The van der Waals surface area contributed by atoms with Gasteiger partial charge in [0.05, 0.1) is 20.8 Å². The van der Waals surface area contributed by atoms with Crippen molar-refractivity contribution in [2.45, 2.75) is 18.2 Å². The Hall–Kier alpha value is -2.94. The van der Waals surface area contributed by atoms with Crippen LogP contribution in [0.25, 0.3) is 10.2 Å². The average molecular weight is 484 g/mol.